The van der Waals surface area contributed by atoms with Crippen molar-refractivity contribution >= 4 is 27.5 Å². The molecule has 5 nitrogen and oxygen atoms in total. The Bertz CT molecular complexity index is 583. The number of nitrogens with zero attached hydrogens (tertiary/aromatic N) is 2. The average Bonchev–Trinajstić information content (AvgIpc) is 2.72. The summed E-state index contributed by atoms with van der Waals surface area (Å²) in [6.07, 6.45) is 0. The zero-order chi connectivity index (χ0) is 13.3. The lowest BCUT2D eigenvalue weighted by molar-refractivity contribution is 0.101. The van der Waals surface area contributed by atoms with Crippen LogP contribution < -0.4 is 5.32 Å². The molecule has 0 unspecified atom stereocenters. The predicted octanol–water partition coefficient (Wildman–Crippen LogP) is 2.74. The van der Waals surface area contributed by atoms with Crippen molar-refractivity contribution in [3.05, 3.63) is 39.4 Å². The van der Waals surface area contributed by atoms with Crippen LogP contribution in [-0.2, 0) is 0 Å². The van der Waals surface area contributed by atoms with Crippen molar-refractivity contribution in [2.24, 2.45) is 0 Å². The molecule has 0 atom stereocenters. The zero-order valence-corrected chi connectivity index (χ0v) is 11.9. The molecule has 0 saturated carbocycles. The predicted molar refractivity (Wildman–Crippen MR) is 72.7 cm³/mol. The van der Waals surface area contributed by atoms with Gasteiger partial charge in [-0.1, -0.05) is 15.9 Å². The Morgan fingerprint density at radius 3 is 2.39 bits per heavy atom. The molecule has 0 fully saturated rings. The van der Waals surface area contributed by atoms with E-state index in [1.807, 2.05) is 26.0 Å². The Balaban J connectivity index is 2.22. The number of hydrogen-bond donors (Lipinski definition) is 2. The molecule has 1 aromatic carbocycles. The van der Waals surface area contributed by atoms with E-state index in [1.165, 1.54) is 0 Å². The number of halogens is 1. The fourth-order valence-corrected chi connectivity index (χ4v) is 1.88. The van der Waals surface area contributed by atoms with Crippen LogP contribution in [0.25, 0.3) is 0 Å². The second-order valence-electron chi connectivity index (χ2n) is 4.12. The van der Waals surface area contributed by atoms with Gasteiger partial charge in [-0.2, -0.15) is 0 Å². The van der Waals surface area contributed by atoms with Crippen molar-refractivity contribution < 1.29 is 4.79 Å². The zero-order valence-electron chi connectivity index (χ0n) is 10.3. The summed E-state index contributed by atoms with van der Waals surface area (Å²) in [5.74, 6) is 0.439. The summed E-state index contributed by atoms with van der Waals surface area (Å²) < 4.78 is 1.05. The maximum absolute atomic E-state index is 11.9. The molecule has 1 aromatic heterocycles. The first-order valence-electron chi connectivity index (χ1n) is 5.44. The van der Waals surface area contributed by atoms with Crippen LogP contribution in [0.4, 0.5) is 5.69 Å². The lowest BCUT2D eigenvalue weighted by atomic mass is 10.1. The molecule has 2 N–H and O–H groups in total. The number of aromatic amines is 1. The number of benzene rings is 1. The van der Waals surface area contributed by atoms with E-state index in [-0.39, 0.29) is 11.7 Å². The number of hydrogen-bond acceptors (Lipinski definition) is 3. The summed E-state index contributed by atoms with van der Waals surface area (Å²) in [5, 5.41) is 9.23. The van der Waals surface area contributed by atoms with Crippen LogP contribution in [0.15, 0.2) is 16.6 Å². The third-order valence-electron chi connectivity index (χ3n) is 2.49. The molecule has 0 aliphatic rings. The molecule has 0 spiro atoms. The number of amides is 1. The third-order valence-corrected chi connectivity index (χ3v) is 3.75. The molecule has 0 radical (unpaired) electrons. The van der Waals surface area contributed by atoms with Gasteiger partial charge in [0.05, 0.1) is 0 Å². The van der Waals surface area contributed by atoms with Crippen LogP contribution in [0, 0.1) is 20.8 Å². The maximum atomic E-state index is 11.9. The molecule has 2 rings (SSSR count). The van der Waals surface area contributed by atoms with Gasteiger partial charge < -0.3 is 5.32 Å². The van der Waals surface area contributed by atoms with Crippen LogP contribution in [0.3, 0.4) is 0 Å². The minimum Gasteiger partial charge on any atom is -0.319 e. The summed E-state index contributed by atoms with van der Waals surface area (Å²) >= 11 is 3.49. The van der Waals surface area contributed by atoms with Gasteiger partial charge in [0.25, 0.3) is 5.91 Å². The number of H-pyrrole nitrogens is 1. The lowest BCUT2D eigenvalue weighted by Crippen LogP contribution is -2.14. The van der Waals surface area contributed by atoms with E-state index in [4.69, 9.17) is 0 Å². The molecule has 0 aliphatic heterocycles. The highest BCUT2D eigenvalue weighted by molar-refractivity contribution is 9.10. The number of carbonyl (C=O) groups is 1. The van der Waals surface area contributed by atoms with Crippen LogP contribution >= 0.6 is 15.9 Å². The highest BCUT2D eigenvalue weighted by Crippen LogP contribution is 2.25. The Morgan fingerprint density at radius 2 is 1.89 bits per heavy atom. The molecule has 6 heteroatoms. The molecule has 0 saturated heterocycles. The monoisotopic (exact) mass is 308 g/mol. The molecular formula is C12H13BrN4O. The van der Waals surface area contributed by atoms with Crippen molar-refractivity contribution in [2.45, 2.75) is 20.8 Å². The van der Waals surface area contributed by atoms with E-state index in [9.17, 15) is 4.79 Å². The van der Waals surface area contributed by atoms with Crippen molar-refractivity contribution in [3.8, 4) is 0 Å². The summed E-state index contributed by atoms with van der Waals surface area (Å²) in [7, 11) is 0. The molecule has 94 valence electrons. The Hall–Kier alpha value is -1.69. The number of rotatable bonds is 2. The number of aryl methyl sites for hydroxylation is 3. The van der Waals surface area contributed by atoms with E-state index in [0.29, 0.717) is 5.82 Å². The Morgan fingerprint density at radius 1 is 1.28 bits per heavy atom. The van der Waals surface area contributed by atoms with E-state index < -0.39 is 0 Å². The van der Waals surface area contributed by atoms with Gasteiger partial charge in [0.2, 0.25) is 5.82 Å². The van der Waals surface area contributed by atoms with E-state index in [2.05, 4.69) is 36.4 Å². The van der Waals surface area contributed by atoms with Gasteiger partial charge in [-0.05, 0) is 44.0 Å². The SMILES string of the molecule is Cc1nc(C(=O)Nc2cc(C)c(Br)c(C)c2)n[nH]1. The van der Waals surface area contributed by atoms with Crippen molar-refractivity contribution in [1.29, 1.82) is 0 Å². The summed E-state index contributed by atoms with van der Waals surface area (Å²) in [5.41, 5.74) is 2.87. The number of anilines is 1. The van der Waals surface area contributed by atoms with Gasteiger partial charge in [-0.15, -0.1) is 5.10 Å². The minimum absolute atomic E-state index is 0.144. The van der Waals surface area contributed by atoms with Crippen molar-refractivity contribution in [1.82, 2.24) is 15.2 Å². The fourth-order valence-electron chi connectivity index (χ4n) is 1.65. The van der Waals surface area contributed by atoms with Gasteiger partial charge in [-0.25, -0.2) is 4.98 Å². The standard InChI is InChI=1S/C12H13BrN4O/c1-6-4-9(5-7(2)10(6)13)15-12(18)11-14-8(3)16-17-11/h4-5H,1-3H3,(H,15,18)(H,14,16,17). The van der Waals surface area contributed by atoms with E-state index in [0.717, 1.165) is 21.3 Å². The van der Waals surface area contributed by atoms with Crippen molar-refractivity contribution in [2.75, 3.05) is 5.32 Å². The Labute approximate surface area is 113 Å². The quantitative estimate of drug-likeness (QED) is 0.896. The van der Waals surface area contributed by atoms with E-state index >= 15 is 0 Å². The van der Waals surface area contributed by atoms with Gasteiger partial charge in [0.15, 0.2) is 0 Å². The Kier molecular flexibility index (Phi) is 3.47. The first kappa shape index (κ1) is 12.8. The normalized spacial score (nSPS) is 10.4. The van der Waals surface area contributed by atoms with Crippen LogP contribution in [0.1, 0.15) is 27.6 Å². The number of carbonyl (C=O) groups excluding carboxylic acids is 1. The summed E-state index contributed by atoms with van der Waals surface area (Å²) in [6, 6.07) is 3.79. The van der Waals surface area contributed by atoms with Gasteiger partial charge in [0, 0.05) is 10.2 Å². The molecule has 1 amide bonds. The fraction of sp³-hybridized carbons (Fsp3) is 0.250. The van der Waals surface area contributed by atoms with Crippen LogP contribution in [-0.4, -0.2) is 21.1 Å². The number of aromatic nitrogens is 3. The number of nitrogens with one attached hydrogen (secondary N) is 2. The highest BCUT2D eigenvalue weighted by Gasteiger charge is 2.12. The van der Waals surface area contributed by atoms with Crippen LogP contribution in [0.2, 0.25) is 0 Å². The topological polar surface area (TPSA) is 70.7 Å². The smallest absolute Gasteiger partial charge is 0.295 e. The molecule has 1 heterocycles. The second kappa shape index (κ2) is 4.89. The first-order valence-corrected chi connectivity index (χ1v) is 6.24. The van der Waals surface area contributed by atoms with E-state index in [1.54, 1.807) is 6.92 Å². The largest absolute Gasteiger partial charge is 0.319 e. The molecule has 0 aliphatic carbocycles. The molecule has 18 heavy (non-hydrogen) atoms. The van der Waals surface area contributed by atoms with Gasteiger partial charge in [-0.3, -0.25) is 9.89 Å². The van der Waals surface area contributed by atoms with Crippen molar-refractivity contribution in [3.63, 3.8) is 0 Å². The molecule has 2 aromatic rings. The maximum Gasteiger partial charge on any atom is 0.295 e. The summed E-state index contributed by atoms with van der Waals surface area (Å²) in [4.78, 5) is 15.8. The molecular weight excluding hydrogens is 296 g/mol. The first-order chi connectivity index (χ1) is 8.47. The molecule has 0 bridgehead atoms. The second-order valence-corrected chi connectivity index (χ2v) is 4.92. The summed E-state index contributed by atoms with van der Waals surface area (Å²) in [6.45, 7) is 5.70. The third kappa shape index (κ3) is 2.59. The minimum atomic E-state index is -0.319. The highest BCUT2D eigenvalue weighted by atomic mass is 79.9. The average molecular weight is 309 g/mol. The van der Waals surface area contributed by atoms with Gasteiger partial charge >= 0.3 is 0 Å². The lowest BCUT2D eigenvalue weighted by Gasteiger charge is -2.08. The van der Waals surface area contributed by atoms with Crippen LogP contribution in [0.5, 0.6) is 0 Å². The van der Waals surface area contributed by atoms with Gasteiger partial charge in [0.1, 0.15) is 5.82 Å².